The van der Waals surface area contributed by atoms with Crippen molar-refractivity contribution in [3.8, 4) is 11.1 Å². The van der Waals surface area contributed by atoms with Gasteiger partial charge in [0.05, 0.1) is 0 Å². The Labute approximate surface area is 110 Å². The van der Waals surface area contributed by atoms with E-state index in [4.69, 9.17) is 5.73 Å². The van der Waals surface area contributed by atoms with Crippen LogP contribution in [-0.4, -0.2) is 6.54 Å². The van der Waals surface area contributed by atoms with Gasteiger partial charge in [0.15, 0.2) is 0 Å². The average molecular weight is 239 g/mol. The number of rotatable bonds is 5. The van der Waals surface area contributed by atoms with Gasteiger partial charge in [0.2, 0.25) is 0 Å². The summed E-state index contributed by atoms with van der Waals surface area (Å²) in [5.74, 6) is 0. The zero-order valence-corrected chi connectivity index (χ0v) is 11.0. The van der Waals surface area contributed by atoms with Gasteiger partial charge >= 0.3 is 0 Å². The number of hydrogen-bond acceptors (Lipinski definition) is 1. The highest BCUT2D eigenvalue weighted by atomic mass is 14.5. The lowest BCUT2D eigenvalue weighted by atomic mass is 10.00. The summed E-state index contributed by atoms with van der Waals surface area (Å²) in [4.78, 5) is 0. The van der Waals surface area contributed by atoms with Crippen molar-refractivity contribution in [1.82, 2.24) is 0 Å². The molecule has 0 aromatic heterocycles. The van der Waals surface area contributed by atoms with Gasteiger partial charge in [-0.05, 0) is 41.6 Å². The molecule has 0 aliphatic heterocycles. The van der Waals surface area contributed by atoms with E-state index in [0.717, 1.165) is 12.8 Å². The molecule has 2 rings (SSSR count). The standard InChI is InChI=1S/C17H21N/c1-2-4-14-7-9-16(10-8-14)17-6-3-5-15(13-17)11-12-18/h3,5-10,13H,2,4,11-12,18H2,1H3. The van der Waals surface area contributed by atoms with Gasteiger partial charge in [0.25, 0.3) is 0 Å². The molecular weight excluding hydrogens is 218 g/mol. The molecule has 0 aliphatic rings. The van der Waals surface area contributed by atoms with Crippen LogP contribution in [0.2, 0.25) is 0 Å². The molecule has 0 saturated carbocycles. The maximum absolute atomic E-state index is 5.60. The summed E-state index contributed by atoms with van der Waals surface area (Å²) in [5.41, 5.74) is 10.9. The van der Waals surface area contributed by atoms with Gasteiger partial charge in [-0.3, -0.25) is 0 Å². The van der Waals surface area contributed by atoms with Crippen LogP contribution in [0, 0.1) is 0 Å². The predicted molar refractivity (Wildman–Crippen MR) is 78.6 cm³/mol. The van der Waals surface area contributed by atoms with Crippen molar-refractivity contribution in [2.75, 3.05) is 6.54 Å². The van der Waals surface area contributed by atoms with Gasteiger partial charge in [-0.2, -0.15) is 0 Å². The zero-order chi connectivity index (χ0) is 12.8. The van der Waals surface area contributed by atoms with E-state index in [-0.39, 0.29) is 0 Å². The van der Waals surface area contributed by atoms with E-state index < -0.39 is 0 Å². The molecule has 94 valence electrons. The molecule has 18 heavy (non-hydrogen) atoms. The van der Waals surface area contributed by atoms with Crippen LogP contribution < -0.4 is 5.73 Å². The number of benzene rings is 2. The topological polar surface area (TPSA) is 26.0 Å². The Hall–Kier alpha value is -1.60. The van der Waals surface area contributed by atoms with Gasteiger partial charge in [-0.15, -0.1) is 0 Å². The molecular formula is C17H21N. The van der Waals surface area contributed by atoms with Crippen LogP contribution in [0.5, 0.6) is 0 Å². The molecule has 0 spiro atoms. The second-order valence-corrected chi connectivity index (χ2v) is 4.69. The number of hydrogen-bond donors (Lipinski definition) is 1. The summed E-state index contributed by atoms with van der Waals surface area (Å²) in [5, 5.41) is 0. The third kappa shape index (κ3) is 3.21. The van der Waals surface area contributed by atoms with Crippen molar-refractivity contribution < 1.29 is 0 Å². The molecule has 0 bridgehead atoms. The first-order valence-electron chi connectivity index (χ1n) is 6.72. The van der Waals surface area contributed by atoms with Crippen molar-refractivity contribution in [2.45, 2.75) is 26.2 Å². The van der Waals surface area contributed by atoms with Crippen LogP contribution >= 0.6 is 0 Å². The second kappa shape index (κ2) is 6.36. The molecule has 2 N–H and O–H groups in total. The first-order chi connectivity index (χ1) is 8.83. The minimum atomic E-state index is 0.707. The molecule has 1 nitrogen and oxygen atoms in total. The normalized spacial score (nSPS) is 10.6. The SMILES string of the molecule is CCCc1ccc(-c2cccc(CCN)c2)cc1. The quantitative estimate of drug-likeness (QED) is 0.843. The highest BCUT2D eigenvalue weighted by molar-refractivity contribution is 5.64. The Kier molecular flexibility index (Phi) is 4.54. The third-order valence-corrected chi connectivity index (χ3v) is 3.19. The molecule has 2 aromatic carbocycles. The van der Waals surface area contributed by atoms with Gasteiger partial charge in [0.1, 0.15) is 0 Å². The number of aryl methyl sites for hydroxylation is 1. The lowest BCUT2D eigenvalue weighted by Crippen LogP contribution is -2.02. The van der Waals surface area contributed by atoms with Gasteiger partial charge in [-0.1, -0.05) is 61.9 Å². The highest BCUT2D eigenvalue weighted by Crippen LogP contribution is 2.21. The monoisotopic (exact) mass is 239 g/mol. The van der Waals surface area contributed by atoms with E-state index in [1.54, 1.807) is 0 Å². The van der Waals surface area contributed by atoms with Crippen molar-refractivity contribution in [2.24, 2.45) is 5.73 Å². The smallest absolute Gasteiger partial charge is 0.00367 e. The molecule has 0 atom stereocenters. The Morgan fingerprint density at radius 2 is 1.61 bits per heavy atom. The van der Waals surface area contributed by atoms with E-state index >= 15 is 0 Å². The molecule has 1 heteroatoms. The first-order valence-corrected chi connectivity index (χ1v) is 6.72. The summed E-state index contributed by atoms with van der Waals surface area (Å²) >= 11 is 0. The van der Waals surface area contributed by atoms with Crippen LogP contribution in [0.1, 0.15) is 24.5 Å². The van der Waals surface area contributed by atoms with E-state index in [2.05, 4.69) is 55.5 Å². The molecule has 0 fully saturated rings. The fraction of sp³-hybridized carbons (Fsp3) is 0.294. The van der Waals surface area contributed by atoms with E-state index in [0.29, 0.717) is 6.54 Å². The van der Waals surface area contributed by atoms with Gasteiger partial charge in [-0.25, -0.2) is 0 Å². The third-order valence-electron chi connectivity index (χ3n) is 3.19. The lowest BCUT2D eigenvalue weighted by molar-refractivity contribution is 0.922. The molecule has 0 unspecified atom stereocenters. The van der Waals surface area contributed by atoms with Crippen molar-refractivity contribution >= 4 is 0 Å². The maximum Gasteiger partial charge on any atom is -0.00367 e. The summed E-state index contributed by atoms with van der Waals surface area (Å²) in [7, 11) is 0. The van der Waals surface area contributed by atoms with Crippen molar-refractivity contribution in [3.05, 3.63) is 59.7 Å². The Balaban J connectivity index is 2.22. The Bertz CT molecular complexity index is 485. The van der Waals surface area contributed by atoms with E-state index in [9.17, 15) is 0 Å². The van der Waals surface area contributed by atoms with E-state index in [1.807, 2.05) is 0 Å². The van der Waals surface area contributed by atoms with Crippen LogP contribution in [0.15, 0.2) is 48.5 Å². The van der Waals surface area contributed by atoms with Crippen LogP contribution in [0.4, 0.5) is 0 Å². The molecule has 0 radical (unpaired) electrons. The summed E-state index contributed by atoms with van der Waals surface area (Å²) < 4.78 is 0. The molecule has 0 heterocycles. The van der Waals surface area contributed by atoms with Crippen LogP contribution in [-0.2, 0) is 12.8 Å². The number of nitrogens with two attached hydrogens (primary N) is 1. The molecule has 0 aliphatic carbocycles. The van der Waals surface area contributed by atoms with Crippen LogP contribution in [0.3, 0.4) is 0 Å². The fourth-order valence-electron chi connectivity index (χ4n) is 2.23. The predicted octanol–water partition coefficient (Wildman–Crippen LogP) is 3.81. The van der Waals surface area contributed by atoms with Crippen LogP contribution in [0.25, 0.3) is 11.1 Å². The molecule has 2 aromatic rings. The summed E-state index contributed by atoms with van der Waals surface area (Å²) in [6.45, 7) is 2.92. The lowest BCUT2D eigenvalue weighted by Gasteiger charge is -2.06. The zero-order valence-electron chi connectivity index (χ0n) is 11.0. The largest absolute Gasteiger partial charge is 0.330 e. The minimum absolute atomic E-state index is 0.707. The molecule has 0 saturated heterocycles. The molecule has 0 amide bonds. The van der Waals surface area contributed by atoms with Gasteiger partial charge < -0.3 is 5.73 Å². The minimum Gasteiger partial charge on any atom is -0.330 e. The van der Waals surface area contributed by atoms with Crippen molar-refractivity contribution in [1.29, 1.82) is 0 Å². The van der Waals surface area contributed by atoms with Crippen molar-refractivity contribution in [3.63, 3.8) is 0 Å². The fourth-order valence-corrected chi connectivity index (χ4v) is 2.23. The first kappa shape index (κ1) is 12.8. The van der Waals surface area contributed by atoms with Gasteiger partial charge in [0, 0.05) is 0 Å². The van der Waals surface area contributed by atoms with E-state index in [1.165, 1.54) is 28.7 Å². The second-order valence-electron chi connectivity index (χ2n) is 4.69. The summed E-state index contributed by atoms with van der Waals surface area (Å²) in [6.07, 6.45) is 3.31. The highest BCUT2D eigenvalue weighted by Gasteiger charge is 1.99. The maximum atomic E-state index is 5.60. The average Bonchev–Trinajstić information content (AvgIpc) is 2.41. The Morgan fingerprint density at radius 3 is 2.28 bits per heavy atom. The Morgan fingerprint density at radius 1 is 0.833 bits per heavy atom. The summed E-state index contributed by atoms with van der Waals surface area (Å²) in [6, 6.07) is 17.5.